The Balaban J connectivity index is 0.000000364. The van der Waals surface area contributed by atoms with Gasteiger partial charge in [-0.05, 0) is 48.2 Å². The molecule has 1 saturated carbocycles. The summed E-state index contributed by atoms with van der Waals surface area (Å²) in [5.41, 5.74) is 4.21. The highest BCUT2D eigenvalue weighted by Crippen LogP contribution is 2.34. The molecule has 186 valence electrons. The van der Waals surface area contributed by atoms with Crippen LogP contribution in [0.4, 0.5) is 24.0 Å². The molecule has 3 aromatic rings. The van der Waals surface area contributed by atoms with Crippen LogP contribution in [-0.2, 0) is 9.59 Å². The molecule has 35 heavy (non-hydrogen) atoms. The minimum Gasteiger partial charge on any atom is -0.475 e. The molecule has 2 aromatic carbocycles. The smallest absolute Gasteiger partial charge is 0.475 e. The Morgan fingerprint density at radius 2 is 1.63 bits per heavy atom. The van der Waals surface area contributed by atoms with E-state index >= 15 is 0 Å². The lowest BCUT2D eigenvalue weighted by atomic mass is 10.1. The van der Waals surface area contributed by atoms with E-state index in [1.807, 2.05) is 24.3 Å². The molecule has 1 aromatic heterocycles. The summed E-state index contributed by atoms with van der Waals surface area (Å²) in [5.74, 6) is -2.81. The number of fused-ring (bicyclic) bond motifs is 1. The molecule has 1 amide bonds. The average molecular weight is 507 g/mol. The molecule has 11 heteroatoms. The largest absolute Gasteiger partial charge is 0.490 e. The number of rotatable bonds is 4. The van der Waals surface area contributed by atoms with Crippen LogP contribution in [0.25, 0.3) is 21.3 Å². The van der Waals surface area contributed by atoms with E-state index < -0.39 is 12.1 Å². The second kappa shape index (κ2) is 10.2. The van der Waals surface area contributed by atoms with E-state index in [-0.39, 0.29) is 5.91 Å². The van der Waals surface area contributed by atoms with Crippen molar-refractivity contribution < 1.29 is 27.9 Å². The number of alkyl halides is 3. The topological polar surface area (TPSA) is 85.8 Å². The maximum Gasteiger partial charge on any atom is 0.490 e. The van der Waals surface area contributed by atoms with Gasteiger partial charge in [0.25, 0.3) is 0 Å². The van der Waals surface area contributed by atoms with Crippen LogP contribution in [-0.4, -0.2) is 65.3 Å². The first-order chi connectivity index (χ1) is 16.6. The van der Waals surface area contributed by atoms with Crippen LogP contribution in [0, 0.1) is 0 Å². The van der Waals surface area contributed by atoms with E-state index in [4.69, 9.17) is 14.9 Å². The lowest BCUT2D eigenvalue weighted by molar-refractivity contribution is -0.192. The van der Waals surface area contributed by atoms with Gasteiger partial charge in [-0.25, -0.2) is 9.78 Å². The maximum atomic E-state index is 11.2. The Hall–Kier alpha value is -3.18. The van der Waals surface area contributed by atoms with Crippen molar-refractivity contribution >= 4 is 44.2 Å². The minimum absolute atomic E-state index is 0.0516. The van der Waals surface area contributed by atoms with E-state index in [9.17, 15) is 18.0 Å². The van der Waals surface area contributed by atoms with Crippen molar-refractivity contribution in [2.75, 3.05) is 36.4 Å². The van der Waals surface area contributed by atoms with Gasteiger partial charge in [-0.3, -0.25) is 9.69 Å². The van der Waals surface area contributed by atoms with Crippen molar-refractivity contribution in [1.82, 2.24) is 9.88 Å². The summed E-state index contributed by atoms with van der Waals surface area (Å²) in [5, 5.41) is 11.1. The molecule has 0 radical (unpaired) electrons. The summed E-state index contributed by atoms with van der Waals surface area (Å²) in [7, 11) is 0. The number of thiazole rings is 1. The SMILES string of the molecule is CC(=O)Nc1ccc(-c2ccc3nc(N4CCN(C5CC5)CC4)sc3c2)cc1.O=C(O)C(F)(F)F. The number of piperazine rings is 1. The lowest BCUT2D eigenvalue weighted by Crippen LogP contribution is -2.47. The quantitative estimate of drug-likeness (QED) is 0.527. The number of hydrogen-bond acceptors (Lipinski definition) is 6. The summed E-state index contributed by atoms with van der Waals surface area (Å²) >= 11 is 1.79. The van der Waals surface area contributed by atoms with Gasteiger partial charge in [-0.1, -0.05) is 29.5 Å². The number of amides is 1. The number of halogens is 3. The van der Waals surface area contributed by atoms with Gasteiger partial charge >= 0.3 is 12.1 Å². The van der Waals surface area contributed by atoms with Gasteiger partial charge in [0.1, 0.15) is 0 Å². The summed E-state index contributed by atoms with van der Waals surface area (Å²) in [4.78, 5) is 30.0. The molecule has 2 fully saturated rings. The molecule has 0 unspecified atom stereocenters. The fourth-order valence-corrected chi connectivity index (χ4v) is 4.95. The van der Waals surface area contributed by atoms with E-state index in [1.54, 1.807) is 11.3 Å². The molecule has 1 aliphatic heterocycles. The highest BCUT2D eigenvalue weighted by Gasteiger charge is 2.38. The Labute approximate surface area is 204 Å². The van der Waals surface area contributed by atoms with E-state index in [2.05, 4.69) is 33.3 Å². The molecule has 2 N–H and O–H groups in total. The number of carboxylic acids is 1. The summed E-state index contributed by atoms with van der Waals surface area (Å²) in [6.07, 6.45) is -2.31. The van der Waals surface area contributed by atoms with Gasteiger partial charge in [0.05, 0.1) is 10.2 Å². The summed E-state index contributed by atoms with van der Waals surface area (Å²) < 4.78 is 33.0. The van der Waals surface area contributed by atoms with E-state index in [1.165, 1.54) is 30.0 Å². The zero-order valence-electron chi connectivity index (χ0n) is 19.0. The zero-order valence-corrected chi connectivity index (χ0v) is 19.8. The molecule has 1 saturated heterocycles. The Morgan fingerprint density at radius 3 is 2.17 bits per heavy atom. The summed E-state index contributed by atoms with van der Waals surface area (Å²) in [6, 6.07) is 15.3. The number of benzene rings is 2. The van der Waals surface area contributed by atoms with Gasteiger partial charge in [-0.15, -0.1) is 0 Å². The molecule has 5 rings (SSSR count). The zero-order chi connectivity index (χ0) is 25.2. The van der Waals surface area contributed by atoms with Crippen LogP contribution >= 0.6 is 11.3 Å². The standard InChI is InChI=1S/C22H24N4OS.C2HF3O2/c1-15(27)23-18-5-2-16(3-6-18)17-4-9-20-21(14-17)28-22(24-20)26-12-10-25(11-13-26)19-7-8-19;3-2(4,5)1(6)7/h2-6,9,14,19H,7-8,10-13H2,1H3,(H,23,27);(H,6,7). The molecule has 0 bridgehead atoms. The lowest BCUT2D eigenvalue weighted by Gasteiger charge is -2.34. The van der Waals surface area contributed by atoms with Crippen molar-refractivity contribution in [3.05, 3.63) is 42.5 Å². The van der Waals surface area contributed by atoms with Gasteiger partial charge in [-0.2, -0.15) is 13.2 Å². The first-order valence-corrected chi connectivity index (χ1v) is 12.0. The van der Waals surface area contributed by atoms with Crippen molar-refractivity contribution in [3.63, 3.8) is 0 Å². The number of aromatic nitrogens is 1. The number of anilines is 2. The Kier molecular flexibility index (Phi) is 7.27. The van der Waals surface area contributed by atoms with Crippen LogP contribution in [0.1, 0.15) is 19.8 Å². The Morgan fingerprint density at radius 1 is 1.03 bits per heavy atom. The van der Waals surface area contributed by atoms with Crippen LogP contribution < -0.4 is 10.2 Å². The number of aliphatic carboxylic acids is 1. The van der Waals surface area contributed by atoms with Gasteiger partial charge in [0.2, 0.25) is 5.91 Å². The van der Waals surface area contributed by atoms with Gasteiger partial charge < -0.3 is 15.3 Å². The van der Waals surface area contributed by atoms with Crippen molar-refractivity contribution in [2.24, 2.45) is 0 Å². The number of carbonyl (C=O) groups is 2. The maximum absolute atomic E-state index is 11.2. The van der Waals surface area contributed by atoms with Crippen LogP contribution in [0.5, 0.6) is 0 Å². The van der Waals surface area contributed by atoms with E-state index in [0.29, 0.717) is 0 Å². The summed E-state index contributed by atoms with van der Waals surface area (Å²) in [6.45, 7) is 6.00. The fraction of sp³-hybridized carbons (Fsp3) is 0.375. The number of carboxylic acid groups (broad SMARTS) is 1. The second-order valence-corrected chi connectivity index (χ2v) is 9.50. The van der Waals surface area contributed by atoms with E-state index in [0.717, 1.165) is 54.1 Å². The first-order valence-electron chi connectivity index (χ1n) is 11.2. The van der Waals surface area contributed by atoms with Gasteiger partial charge in [0.15, 0.2) is 5.13 Å². The highest BCUT2D eigenvalue weighted by molar-refractivity contribution is 7.22. The molecular weight excluding hydrogens is 481 g/mol. The van der Waals surface area contributed by atoms with Crippen LogP contribution in [0.15, 0.2) is 42.5 Å². The average Bonchev–Trinajstić information content (AvgIpc) is 3.57. The van der Waals surface area contributed by atoms with Crippen molar-refractivity contribution in [3.8, 4) is 11.1 Å². The van der Waals surface area contributed by atoms with Crippen molar-refractivity contribution in [2.45, 2.75) is 32.0 Å². The fourth-order valence-electron chi connectivity index (χ4n) is 3.89. The van der Waals surface area contributed by atoms with Crippen LogP contribution in [0.3, 0.4) is 0 Å². The number of nitrogens with zero attached hydrogens (tertiary/aromatic N) is 3. The van der Waals surface area contributed by atoms with Crippen LogP contribution in [0.2, 0.25) is 0 Å². The monoisotopic (exact) mass is 506 g/mol. The molecule has 2 aliphatic rings. The predicted octanol–water partition coefficient (Wildman–Crippen LogP) is 4.84. The predicted molar refractivity (Wildman–Crippen MR) is 130 cm³/mol. The normalized spacial score (nSPS) is 16.5. The molecule has 7 nitrogen and oxygen atoms in total. The molecule has 2 heterocycles. The first kappa shape index (κ1) is 24.9. The highest BCUT2D eigenvalue weighted by atomic mass is 32.1. The second-order valence-electron chi connectivity index (χ2n) is 8.49. The molecular formula is C24H25F3N4O3S. The third-order valence-corrected chi connectivity index (χ3v) is 6.89. The molecule has 1 aliphatic carbocycles. The number of carbonyl (C=O) groups excluding carboxylic acids is 1. The Bertz CT molecular complexity index is 1200. The van der Waals surface area contributed by atoms with Crippen molar-refractivity contribution in [1.29, 1.82) is 0 Å². The third-order valence-electron chi connectivity index (χ3n) is 5.81. The number of hydrogen-bond donors (Lipinski definition) is 2. The van der Waals surface area contributed by atoms with Gasteiger partial charge in [0, 0.05) is 44.8 Å². The third kappa shape index (κ3) is 6.49. The molecule has 0 atom stereocenters. The minimum atomic E-state index is -5.08. The molecule has 0 spiro atoms. The number of nitrogens with one attached hydrogen (secondary N) is 1.